The number of ether oxygens (including phenoxy) is 3. The van der Waals surface area contributed by atoms with Gasteiger partial charge in [-0.25, -0.2) is 8.42 Å². The van der Waals surface area contributed by atoms with E-state index in [1.54, 1.807) is 0 Å². The van der Waals surface area contributed by atoms with Gasteiger partial charge in [-0.1, -0.05) is 0 Å². The minimum Gasteiger partial charge on any atom is -0.469 e. The molecule has 0 aromatic heterocycles. The zero-order chi connectivity index (χ0) is 13.2. The Labute approximate surface area is 107 Å². The smallest absolute Gasteiger partial charge is 0.308 e. The second-order valence-electron chi connectivity index (χ2n) is 4.67. The van der Waals surface area contributed by atoms with E-state index in [-0.39, 0.29) is 29.5 Å². The summed E-state index contributed by atoms with van der Waals surface area (Å²) in [6.07, 6.45) is 1.05. The summed E-state index contributed by atoms with van der Waals surface area (Å²) in [5, 5.41) is -0.362. The second kappa shape index (κ2) is 5.54. The lowest BCUT2D eigenvalue weighted by Crippen LogP contribution is -2.24. The molecule has 2 rings (SSSR count). The number of esters is 1. The number of methoxy groups -OCH3 is 1. The van der Waals surface area contributed by atoms with Crippen molar-refractivity contribution >= 4 is 15.8 Å². The Bertz CT molecular complexity index is 404. The van der Waals surface area contributed by atoms with Crippen LogP contribution < -0.4 is 0 Å². The summed E-state index contributed by atoms with van der Waals surface area (Å²) >= 11 is 0. The molecule has 2 aliphatic heterocycles. The second-order valence-corrected chi connectivity index (χ2v) is 7.07. The van der Waals surface area contributed by atoms with Crippen molar-refractivity contribution in [1.29, 1.82) is 0 Å². The maximum Gasteiger partial charge on any atom is 0.308 e. The summed E-state index contributed by atoms with van der Waals surface area (Å²) in [6, 6.07) is 0. The maximum absolute atomic E-state index is 11.7. The Morgan fingerprint density at radius 1 is 1.44 bits per heavy atom. The van der Waals surface area contributed by atoms with Crippen LogP contribution in [0.5, 0.6) is 0 Å². The molecular formula is C11H18O6S. The Balaban J connectivity index is 1.81. The van der Waals surface area contributed by atoms with Crippen molar-refractivity contribution in [1.82, 2.24) is 0 Å². The highest BCUT2D eigenvalue weighted by molar-refractivity contribution is 7.92. The molecule has 0 aromatic carbocycles. The monoisotopic (exact) mass is 278 g/mol. The van der Waals surface area contributed by atoms with Crippen LogP contribution in [0, 0.1) is 0 Å². The molecule has 0 N–H and O–H groups in total. The van der Waals surface area contributed by atoms with Gasteiger partial charge in [0.1, 0.15) is 0 Å². The average Bonchev–Trinajstić information content (AvgIpc) is 2.87. The van der Waals surface area contributed by atoms with Gasteiger partial charge in [-0.15, -0.1) is 0 Å². The van der Waals surface area contributed by atoms with Crippen LogP contribution in [0.25, 0.3) is 0 Å². The lowest BCUT2D eigenvalue weighted by atomic mass is 10.2. The van der Waals surface area contributed by atoms with Crippen molar-refractivity contribution in [3.05, 3.63) is 0 Å². The SMILES string of the molecule is COC(=O)CC1COC(CC2CCCS2(=O)=O)O1. The highest BCUT2D eigenvalue weighted by Gasteiger charge is 2.37. The lowest BCUT2D eigenvalue weighted by Gasteiger charge is -2.14. The number of carbonyl (C=O) groups is 1. The molecular weight excluding hydrogens is 260 g/mol. The Kier molecular flexibility index (Phi) is 4.24. The molecule has 0 aromatic rings. The van der Waals surface area contributed by atoms with E-state index in [2.05, 4.69) is 4.74 Å². The molecule has 0 spiro atoms. The molecule has 18 heavy (non-hydrogen) atoms. The molecule has 6 nitrogen and oxygen atoms in total. The molecule has 2 aliphatic rings. The van der Waals surface area contributed by atoms with E-state index in [0.29, 0.717) is 25.9 Å². The topological polar surface area (TPSA) is 78.9 Å². The van der Waals surface area contributed by atoms with Gasteiger partial charge in [0.25, 0.3) is 0 Å². The molecule has 0 amide bonds. The van der Waals surface area contributed by atoms with Crippen molar-refractivity contribution in [2.45, 2.75) is 43.3 Å². The molecule has 2 fully saturated rings. The molecule has 2 heterocycles. The zero-order valence-electron chi connectivity index (χ0n) is 10.3. The largest absolute Gasteiger partial charge is 0.469 e. The molecule has 0 saturated carbocycles. The van der Waals surface area contributed by atoms with E-state index < -0.39 is 16.1 Å². The highest BCUT2D eigenvalue weighted by Crippen LogP contribution is 2.28. The summed E-state index contributed by atoms with van der Waals surface area (Å²) in [5.74, 6) is -0.0894. The summed E-state index contributed by atoms with van der Waals surface area (Å²) in [7, 11) is -1.65. The quantitative estimate of drug-likeness (QED) is 0.686. The van der Waals surface area contributed by atoms with E-state index >= 15 is 0 Å². The number of sulfone groups is 1. The molecule has 2 saturated heterocycles. The molecule has 0 bridgehead atoms. The zero-order valence-corrected chi connectivity index (χ0v) is 11.1. The predicted octanol–water partition coefficient (Wildman–Crippen LogP) is 0.258. The third-order valence-corrected chi connectivity index (χ3v) is 5.65. The first kappa shape index (κ1) is 13.8. The number of hydrogen-bond acceptors (Lipinski definition) is 6. The number of hydrogen-bond donors (Lipinski definition) is 0. The van der Waals surface area contributed by atoms with Gasteiger partial charge < -0.3 is 14.2 Å². The van der Waals surface area contributed by atoms with Crippen LogP contribution >= 0.6 is 0 Å². The third-order valence-electron chi connectivity index (χ3n) is 3.35. The van der Waals surface area contributed by atoms with Crippen LogP contribution in [0.15, 0.2) is 0 Å². The molecule has 3 atom stereocenters. The van der Waals surface area contributed by atoms with Gasteiger partial charge in [0.05, 0.1) is 37.2 Å². The minimum atomic E-state index is -2.97. The molecule has 0 aliphatic carbocycles. The van der Waals surface area contributed by atoms with E-state index in [1.165, 1.54) is 7.11 Å². The van der Waals surface area contributed by atoms with E-state index in [1.807, 2.05) is 0 Å². The Morgan fingerprint density at radius 3 is 2.83 bits per heavy atom. The van der Waals surface area contributed by atoms with E-state index in [4.69, 9.17) is 9.47 Å². The van der Waals surface area contributed by atoms with Crippen LogP contribution in [0.3, 0.4) is 0 Å². The van der Waals surface area contributed by atoms with E-state index in [9.17, 15) is 13.2 Å². The van der Waals surface area contributed by atoms with Crippen LogP contribution in [0.4, 0.5) is 0 Å². The molecule has 3 unspecified atom stereocenters. The van der Waals surface area contributed by atoms with Gasteiger partial charge in [0.2, 0.25) is 0 Å². The van der Waals surface area contributed by atoms with Gasteiger partial charge >= 0.3 is 5.97 Å². The predicted molar refractivity (Wildman–Crippen MR) is 62.7 cm³/mol. The average molecular weight is 278 g/mol. The first-order valence-corrected chi connectivity index (χ1v) is 7.78. The van der Waals surface area contributed by atoms with Gasteiger partial charge in [-0.05, 0) is 12.8 Å². The van der Waals surface area contributed by atoms with Crippen molar-refractivity contribution in [2.24, 2.45) is 0 Å². The van der Waals surface area contributed by atoms with Crippen molar-refractivity contribution in [3.8, 4) is 0 Å². The molecule has 104 valence electrons. The summed E-state index contributed by atoms with van der Waals surface area (Å²) in [4.78, 5) is 11.1. The fourth-order valence-electron chi connectivity index (χ4n) is 2.35. The van der Waals surface area contributed by atoms with Crippen LogP contribution in [0.1, 0.15) is 25.7 Å². The van der Waals surface area contributed by atoms with Gasteiger partial charge in [0.15, 0.2) is 16.1 Å². The minimum absolute atomic E-state index is 0.143. The van der Waals surface area contributed by atoms with Gasteiger partial charge in [0, 0.05) is 6.42 Å². The maximum atomic E-state index is 11.7. The fourth-order valence-corrected chi connectivity index (χ4v) is 4.22. The highest BCUT2D eigenvalue weighted by atomic mass is 32.2. The van der Waals surface area contributed by atoms with Crippen LogP contribution in [-0.4, -0.2) is 51.5 Å². The van der Waals surface area contributed by atoms with Crippen molar-refractivity contribution < 1.29 is 27.4 Å². The lowest BCUT2D eigenvalue weighted by molar-refractivity contribution is -0.143. The summed E-state index contributed by atoms with van der Waals surface area (Å²) < 4.78 is 38.8. The van der Waals surface area contributed by atoms with Gasteiger partial charge in [-0.2, -0.15) is 0 Å². The Morgan fingerprint density at radius 2 is 2.22 bits per heavy atom. The molecule has 7 heteroatoms. The van der Waals surface area contributed by atoms with Crippen molar-refractivity contribution in [3.63, 3.8) is 0 Å². The normalized spacial score (nSPS) is 34.6. The van der Waals surface area contributed by atoms with Crippen molar-refractivity contribution in [2.75, 3.05) is 19.5 Å². The first-order chi connectivity index (χ1) is 8.51. The number of carbonyl (C=O) groups excluding carboxylic acids is 1. The van der Waals surface area contributed by atoms with Crippen LogP contribution in [-0.2, 0) is 28.8 Å². The standard InChI is InChI=1S/C11H18O6S/c1-15-10(12)5-8-7-16-11(17-8)6-9-3-2-4-18(9,13)14/h8-9,11H,2-7H2,1H3. The fraction of sp³-hybridized carbons (Fsp3) is 0.909. The van der Waals surface area contributed by atoms with Crippen LogP contribution in [0.2, 0.25) is 0 Å². The Hall–Kier alpha value is -0.660. The number of rotatable bonds is 4. The molecule has 0 radical (unpaired) electrons. The van der Waals surface area contributed by atoms with Gasteiger partial charge in [-0.3, -0.25) is 4.79 Å². The summed E-state index contributed by atoms with van der Waals surface area (Å²) in [5.41, 5.74) is 0. The summed E-state index contributed by atoms with van der Waals surface area (Å²) in [6.45, 7) is 0.312. The third kappa shape index (κ3) is 3.21. The van der Waals surface area contributed by atoms with E-state index in [0.717, 1.165) is 0 Å². The first-order valence-electron chi connectivity index (χ1n) is 6.06.